The van der Waals surface area contributed by atoms with Gasteiger partial charge >= 0.3 is 0 Å². The second-order valence-corrected chi connectivity index (χ2v) is 17.8. The SMILES string of the molecule is Cc1ccccc1-c1cc2c3ccc(-c4ccc5c(c4)c(-c4ccccc4C)cc4c6ccccc6c(-c6ccccc6C)cc54)cc3c(-c3ccccc3C)cc2c2ccccc12. The average molecular weight is 815 g/mol. The first-order chi connectivity index (χ1) is 31.4. The highest BCUT2D eigenvalue weighted by Gasteiger charge is 2.20. The molecular weight excluding hydrogens is 769 g/mol. The number of rotatable bonds is 5. The van der Waals surface area contributed by atoms with Crippen molar-refractivity contribution in [2.24, 2.45) is 0 Å². The normalized spacial score (nSPS) is 11.8. The standard InChI is InChI=1S/C64H46/c1-39-17-5-9-21-45(39)57-35-63-53-31-29-43(33-55(53)59(47-23-11-7-19-41(47)3)37-61(63)51-27-15-13-25-49(51)57)44-30-32-54-56(34-44)60(48-24-12-8-20-42(48)4)38-62-52-28-16-14-26-50(52)58(36-64(54)62)46-22-10-6-18-40(46)2/h5-38H,1-4H3. The Bertz CT molecular complexity index is 3620. The Morgan fingerprint density at radius 1 is 0.172 bits per heavy atom. The Morgan fingerprint density at radius 3 is 0.734 bits per heavy atom. The fraction of sp³-hybridized carbons (Fsp3) is 0.0625. The van der Waals surface area contributed by atoms with Crippen molar-refractivity contribution >= 4 is 64.6 Å². The lowest BCUT2D eigenvalue weighted by molar-refractivity contribution is 1.47. The van der Waals surface area contributed by atoms with E-state index in [9.17, 15) is 0 Å². The van der Waals surface area contributed by atoms with Crippen LogP contribution in [0.2, 0.25) is 0 Å². The maximum Gasteiger partial charge on any atom is -0.00923 e. The van der Waals surface area contributed by atoms with Crippen LogP contribution in [0.5, 0.6) is 0 Å². The maximum atomic E-state index is 2.47. The van der Waals surface area contributed by atoms with Gasteiger partial charge in [0, 0.05) is 0 Å². The van der Waals surface area contributed by atoms with Gasteiger partial charge in [0.05, 0.1) is 0 Å². The van der Waals surface area contributed by atoms with Crippen molar-refractivity contribution in [3.05, 3.63) is 229 Å². The second kappa shape index (κ2) is 14.9. The molecule has 0 heterocycles. The Hall–Kier alpha value is -7.80. The molecule has 0 N–H and O–H groups in total. The summed E-state index contributed by atoms with van der Waals surface area (Å²) in [5, 5.41) is 15.3. The Labute approximate surface area is 374 Å². The molecule has 0 nitrogen and oxygen atoms in total. The van der Waals surface area contributed by atoms with Gasteiger partial charge in [-0.05, 0) is 207 Å². The van der Waals surface area contributed by atoms with Gasteiger partial charge in [-0.1, -0.05) is 170 Å². The van der Waals surface area contributed by atoms with Gasteiger partial charge in [-0.2, -0.15) is 0 Å². The van der Waals surface area contributed by atoms with Crippen LogP contribution >= 0.6 is 0 Å². The van der Waals surface area contributed by atoms with Crippen LogP contribution in [0.15, 0.2) is 206 Å². The highest BCUT2D eigenvalue weighted by molar-refractivity contribution is 6.26. The molecule has 0 heteroatoms. The first-order valence-electron chi connectivity index (χ1n) is 22.5. The molecular formula is C64H46. The summed E-state index contributed by atoms with van der Waals surface area (Å²) >= 11 is 0. The molecule has 12 aromatic carbocycles. The van der Waals surface area contributed by atoms with Gasteiger partial charge in [0.2, 0.25) is 0 Å². The van der Waals surface area contributed by atoms with E-state index in [1.165, 1.54) is 143 Å². The molecule has 0 bridgehead atoms. The number of hydrogen-bond acceptors (Lipinski definition) is 0. The van der Waals surface area contributed by atoms with E-state index in [0.717, 1.165) is 0 Å². The van der Waals surface area contributed by atoms with Gasteiger partial charge in [0.15, 0.2) is 0 Å². The summed E-state index contributed by atoms with van der Waals surface area (Å²) in [5.41, 5.74) is 17.7. The minimum Gasteiger partial charge on any atom is -0.0620 e. The minimum absolute atomic E-state index is 1.21. The fourth-order valence-electron chi connectivity index (χ4n) is 10.8. The molecule has 0 fully saturated rings. The fourth-order valence-corrected chi connectivity index (χ4v) is 10.8. The van der Waals surface area contributed by atoms with Gasteiger partial charge in [-0.3, -0.25) is 0 Å². The summed E-state index contributed by atoms with van der Waals surface area (Å²) in [6.07, 6.45) is 0. The third-order valence-electron chi connectivity index (χ3n) is 14.0. The van der Waals surface area contributed by atoms with Crippen LogP contribution in [0.25, 0.3) is 120 Å². The molecule has 0 atom stereocenters. The zero-order valence-electron chi connectivity index (χ0n) is 36.6. The summed E-state index contributed by atoms with van der Waals surface area (Å²) in [7, 11) is 0. The molecule has 0 spiro atoms. The van der Waals surface area contributed by atoms with E-state index in [0.29, 0.717) is 0 Å². The maximum absolute atomic E-state index is 2.47. The molecule has 0 aliphatic rings. The molecule has 0 amide bonds. The predicted molar refractivity (Wildman–Crippen MR) is 278 cm³/mol. The van der Waals surface area contributed by atoms with E-state index in [2.05, 4.69) is 234 Å². The second-order valence-electron chi connectivity index (χ2n) is 17.8. The van der Waals surface area contributed by atoms with E-state index < -0.39 is 0 Å². The van der Waals surface area contributed by atoms with Gasteiger partial charge in [-0.15, -0.1) is 0 Å². The minimum atomic E-state index is 1.21. The molecule has 0 aliphatic heterocycles. The first-order valence-corrected chi connectivity index (χ1v) is 22.5. The first kappa shape index (κ1) is 37.9. The van der Waals surface area contributed by atoms with E-state index in [-0.39, 0.29) is 0 Å². The average Bonchev–Trinajstić information content (AvgIpc) is 3.33. The van der Waals surface area contributed by atoms with Crippen LogP contribution in [0.1, 0.15) is 22.3 Å². The number of hydrogen-bond donors (Lipinski definition) is 0. The molecule has 12 aromatic rings. The smallest absolute Gasteiger partial charge is 0.00923 e. The van der Waals surface area contributed by atoms with Crippen molar-refractivity contribution in [1.82, 2.24) is 0 Å². The lowest BCUT2D eigenvalue weighted by Gasteiger charge is -2.19. The number of benzene rings is 12. The van der Waals surface area contributed by atoms with Crippen LogP contribution in [0.3, 0.4) is 0 Å². The van der Waals surface area contributed by atoms with Gasteiger partial charge in [0.25, 0.3) is 0 Å². The zero-order valence-corrected chi connectivity index (χ0v) is 36.6. The summed E-state index contributed by atoms with van der Waals surface area (Å²) in [6.45, 7) is 8.93. The van der Waals surface area contributed by atoms with E-state index in [1.54, 1.807) is 0 Å². The molecule has 64 heavy (non-hydrogen) atoms. The molecule has 0 unspecified atom stereocenters. The lowest BCUT2D eigenvalue weighted by atomic mass is 9.84. The van der Waals surface area contributed by atoms with E-state index >= 15 is 0 Å². The van der Waals surface area contributed by atoms with Crippen LogP contribution in [-0.4, -0.2) is 0 Å². The monoisotopic (exact) mass is 814 g/mol. The van der Waals surface area contributed by atoms with Crippen LogP contribution in [0, 0.1) is 27.7 Å². The number of fused-ring (bicyclic) bond motifs is 10. The van der Waals surface area contributed by atoms with Crippen molar-refractivity contribution in [2.45, 2.75) is 27.7 Å². The Kier molecular flexibility index (Phi) is 8.85. The van der Waals surface area contributed by atoms with Crippen molar-refractivity contribution in [2.75, 3.05) is 0 Å². The Balaban J connectivity index is 1.15. The molecule has 0 saturated carbocycles. The molecule has 0 aromatic heterocycles. The summed E-state index contributed by atoms with van der Waals surface area (Å²) in [5.74, 6) is 0. The molecule has 0 radical (unpaired) electrons. The van der Waals surface area contributed by atoms with Crippen LogP contribution in [-0.2, 0) is 0 Å². The molecule has 0 aliphatic carbocycles. The topological polar surface area (TPSA) is 0 Å². The highest BCUT2D eigenvalue weighted by atomic mass is 14.2. The molecule has 12 rings (SSSR count). The van der Waals surface area contributed by atoms with E-state index in [1.807, 2.05) is 0 Å². The highest BCUT2D eigenvalue weighted by Crippen LogP contribution is 2.46. The molecule has 302 valence electrons. The van der Waals surface area contributed by atoms with Crippen molar-refractivity contribution < 1.29 is 0 Å². The van der Waals surface area contributed by atoms with Crippen LogP contribution in [0.4, 0.5) is 0 Å². The third-order valence-corrected chi connectivity index (χ3v) is 14.0. The van der Waals surface area contributed by atoms with Gasteiger partial charge < -0.3 is 0 Å². The quantitative estimate of drug-likeness (QED) is 0.152. The van der Waals surface area contributed by atoms with Crippen molar-refractivity contribution in [1.29, 1.82) is 0 Å². The third kappa shape index (κ3) is 5.98. The van der Waals surface area contributed by atoms with Gasteiger partial charge in [0.1, 0.15) is 0 Å². The van der Waals surface area contributed by atoms with E-state index in [4.69, 9.17) is 0 Å². The number of aryl methyl sites for hydroxylation is 4. The van der Waals surface area contributed by atoms with Crippen molar-refractivity contribution in [3.8, 4) is 55.6 Å². The Morgan fingerprint density at radius 2 is 0.422 bits per heavy atom. The zero-order chi connectivity index (χ0) is 43.1. The summed E-state index contributed by atoms with van der Waals surface area (Å²) in [6, 6.07) is 77.4. The predicted octanol–water partition coefficient (Wildman–Crippen LogP) is 18.2. The molecule has 0 saturated heterocycles. The lowest BCUT2D eigenvalue weighted by Crippen LogP contribution is -1.93. The van der Waals surface area contributed by atoms with Crippen molar-refractivity contribution in [3.63, 3.8) is 0 Å². The van der Waals surface area contributed by atoms with Crippen LogP contribution < -0.4 is 0 Å². The summed E-state index contributed by atoms with van der Waals surface area (Å²) < 4.78 is 0. The summed E-state index contributed by atoms with van der Waals surface area (Å²) in [4.78, 5) is 0. The van der Waals surface area contributed by atoms with Gasteiger partial charge in [-0.25, -0.2) is 0 Å². The largest absolute Gasteiger partial charge is 0.0620 e.